The van der Waals surface area contributed by atoms with Crippen LogP contribution in [-0.2, 0) is 18.9 Å². The van der Waals surface area contributed by atoms with Crippen molar-refractivity contribution in [3.8, 4) is 16.9 Å². The van der Waals surface area contributed by atoms with E-state index in [9.17, 15) is 30.0 Å². The van der Waals surface area contributed by atoms with Crippen LogP contribution in [0.3, 0.4) is 0 Å². The van der Waals surface area contributed by atoms with Gasteiger partial charge in [-0.2, -0.15) is 0 Å². The normalized spacial score (nSPS) is 23.3. The van der Waals surface area contributed by atoms with Crippen LogP contribution in [0.4, 0.5) is 4.79 Å². The predicted molar refractivity (Wildman–Crippen MR) is 164 cm³/mol. The SMILES string of the molecule is Cc1cc(-c2cccc(C(=O)NCCOCCOCCNC(=O)OC(C)(C)C)c2)ccc1O[C@@]1(C)O[C@H](CO)[C@@H](O)[C@H](O)[C@@H]1O. The summed E-state index contributed by atoms with van der Waals surface area (Å²) < 4.78 is 27.6. The highest BCUT2D eigenvalue weighted by Crippen LogP contribution is 2.35. The number of rotatable bonds is 14. The van der Waals surface area contributed by atoms with Gasteiger partial charge >= 0.3 is 6.09 Å². The van der Waals surface area contributed by atoms with Crippen molar-refractivity contribution >= 4 is 12.0 Å². The molecule has 1 aliphatic heterocycles. The molecule has 1 fully saturated rings. The van der Waals surface area contributed by atoms with Crippen LogP contribution in [0.1, 0.15) is 43.6 Å². The fourth-order valence-electron chi connectivity index (χ4n) is 4.59. The van der Waals surface area contributed by atoms with Gasteiger partial charge in [0.15, 0.2) is 0 Å². The van der Waals surface area contributed by atoms with E-state index in [-0.39, 0.29) is 5.91 Å². The number of nitrogens with one attached hydrogen (secondary N) is 2. The summed E-state index contributed by atoms with van der Waals surface area (Å²) in [6.45, 7) is 9.98. The van der Waals surface area contributed by atoms with Gasteiger partial charge in [0.2, 0.25) is 5.79 Å². The summed E-state index contributed by atoms with van der Waals surface area (Å²) in [5, 5.41) is 45.7. The molecule has 13 heteroatoms. The van der Waals surface area contributed by atoms with E-state index >= 15 is 0 Å². The number of hydrogen-bond donors (Lipinski definition) is 6. The molecule has 45 heavy (non-hydrogen) atoms. The number of aryl methyl sites for hydroxylation is 1. The van der Waals surface area contributed by atoms with Gasteiger partial charge in [-0.3, -0.25) is 4.79 Å². The molecule has 0 aromatic heterocycles. The van der Waals surface area contributed by atoms with Crippen LogP contribution in [0.15, 0.2) is 42.5 Å². The number of alkyl carbamates (subject to hydrolysis) is 1. The lowest BCUT2D eigenvalue weighted by Crippen LogP contribution is -2.66. The fourth-order valence-corrected chi connectivity index (χ4v) is 4.59. The van der Waals surface area contributed by atoms with E-state index in [1.54, 1.807) is 58.0 Å². The molecule has 2 aromatic rings. The maximum absolute atomic E-state index is 12.7. The quantitative estimate of drug-likeness (QED) is 0.166. The minimum atomic E-state index is -1.71. The first-order chi connectivity index (χ1) is 21.2. The number of carbonyl (C=O) groups is 2. The summed E-state index contributed by atoms with van der Waals surface area (Å²) in [6, 6.07) is 12.5. The van der Waals surface area contributed by atoms with E-state index in [0.29, 0.717) is 56.4 Å². The lowest BCUT2D eigenvalue weighted by atomic mass is 9.93. The highest BCUT2D eigenvalue weighted by Gasteiger charge is 2.52. The molecule has 0 unspecified atom stereocenters. The van der Waals surface area contributed by atoms with Gasteiger partial charge in [-0.1, -0.05) is 18.2 Å². The van der Waals surface area contributed by atoms with Crippen LogP contribution in [0, 0.1) is 6.92 Å². The summed E-state index contributed by atoms with van der Waals surface area (Å²) in [7, 11) is 0. The smallest absolute Gasteiger partial charge is 0.407 e. The highest BCUT2D eigenvalue weighted by atomic mass is 16.7. The van der Waals surface area contributed by atoms with E-state index in [1.165, 1.54) is 6.92 Å². The zero-order valence-electron chi connectivity index (χ0n) is 26.4. The zero-order valence-corrected chi connectivity index (χ0v) is 26.4. The van der Waals surface area contributed by atoms with Gasteiger partial charge in [0.05, 0.1) is 33.0 Å². The Morgan fingerprint density at radius 1 is 0.911 bits per heavy atom. The number of hydrogen-bond acceptors (Lipinski definition) is 11. The Hall–Kier alpha value is -3.30. The van der Waals surface area contributed by atoms with E-state index in [0.717, 1.165) is 11.1 Å². The topological polar surface area (TPSA) is 185 Å². The van der Waals surface area contributed by atoms with E-state index < -0.39 is 48.5 Å². The second-order valence-corrected chi connectivity index (χ2v) is 11.9. The van der Waals surface area contributed by atoms with Crippen LogP contribution < -0.4 is 15.4 Å². The molecule has 0 saturated carbocycles. The van der Waals surface area contributed by atoms with Crippen molar-refractivity contribution in [3.63, 3.8) is 0 Å². The second-order valence-electron chi connectivity index (χ2n) is 11.9. The van der Waals surface area contributed by atoms with Gasteiger partial charge in [-0.05, 0) is 68.7 Å². The van der Waals surface area contributed by atoms with Crippen LogP contribution >= 0.6 is 0 Å². The van der Waals surface area contributed by atoms with Crippen LogP contribution in [-0.4, -0.2) is 114 Å². The molecule has 0 radical (unpaired) electrons. The Balaban J connectivity index is 1.44. The van der Waals surface area contributed by atoms with Gasteiger partial charge in [-0.25, -0.2) is 4.79 Å². The molecule has 1 heterocycles. The standard InChI is InChI=1S/C32H46N2O11/c1-20-17-22(9-10-24(20)43-32(5)28(38)27(37)26(36)25(19-35)44-32)21-7-6-8-23(18-21)29(39)33-11-13-41-15-16-42-14-12-34-30(40)45-31(2,3)4/h6-10,17-18,25-28,35-38H,11-16,19H2,1-5H3,(H,33,39)(H,34,40)/t25-,26-,27+,28+,32+/m1/s1. The molecule has 250 valence electrons. The molecular weight excluding hydrogens is 588 g/mol. The molecule has 1 saturated heterocycles. The third kappa shape index (κ3) is 10.6. The van der Waals surface area contributed by atoms with Crippen LogP contribution in [0.2, 0.25) is 0 Å². The van der Waals surface area contributed by atoms with Gasteiger partial charge in [-0.15, -0.1) is 0 Å². The van der Waals surface area contributed by atoms with Gasteiger partial charge in [0.25, 0.3) is 5.91 Å². The van der Waals surface area contributed by atoms with Crippen molar-refractivity contribution in [1.82, 2.24) is 10.6 Å². The Labute approximate surface area is 263 Å². The number of aliphatic hydroxyl groups excluding tert-OH is 4. The number of amides is 2. The second kappa shape index (κ2) is 16.3. The molecule has 5 atom stereocenters. The molecule has 0 aliphatic carbocycles. The molecule has 0 bridgehead atoms. The average molecular weight is 635 g/mol. The molecular formula is C32H46N2O11. The number of benzene rings is 2. The average Bonchev–Trinajstić information content (AvgIpc) is 2.99. The highest BCUT2D eigenvalue weighted by molar-refractivity contribution is 5.95. The summed E-state index contributed by atoms with van der Waals surface area (Å²) in [6.07, 6.45) is -6.22. The monoisotopic (exact) mass is 634 g/mol. The maximum atomic E-state index is 12.7. The van der Waals surface area contributed by atoms with Crippen molar-refractivity contribution in [2.45, 2.75) is 70.4 Å². The van der Waals surface area contributed by atoms with Crippen molar-refractivity contribution in [2.75, 3.05) is 46.1 Å². The zero-order chi connectivity index (χ0) is 33.2. The summed E-state index contributed by atoms with van der Waals surface area (Å²) in [4.78, 5) is 24.3. The van der Waals surface area contributed by atoms with Crippen molar-refractivity contribution in [3.05, 3.63) is 53.6 Å². The van der Waals surface area contributed by atoms with E-state index in [1.807, 2.05) is 12.1 Å². The molecule has 13 nitrogen and oxygen atoms in total. The number of ether oxygens (including phenoxy) is 5. The Bertz CT molecular complexity index is 1270. The lowest BCUT2D eigenvalue weighted by Gasteiger charge is -2.46. The first kappa shape index (κ1) is 36.2. The summed E-state index contributed by atoms with van der Waals surface area (Å²) in [5.41, 5.74) is 2.23. The Kier molecular flexibility index (Phi) is 13.1. The van der Waals surface area contributed by atoms with Crippen LogP contribution in [0.5, 0.6) is 5.75 Å². The predicted octanol–water partition coefficient (Wildman–Crippen LogP) is 1.52. The summed E-state index contributed by atoms with van der Waals surface area (Å²) >= 11 is 0. The maximum Gasteiger partial charge on any atom is 0.407 e. The third-order valence-corrected chi connectivity index (χ3v) is 6.92. The molecule has 2 aromatic carbocycles. The van der Waals surface area contributed by atoms with E-state index in [4.69, 9.17) is 23.7 Å². The molecule has 6 N–H and O–H groups in total. The molecule has 1 aliphatic rings. The molecule has 2 amide bonds. The summed E-state index contributed by atoms with van der Waals surface area (Å²) in [5.74, 6) is -1.59. The largest absolute Gasteiger partial charge is 0.459 e. The minimum Gasteiger partial charge on any atom is -0.459 e. The van der Waals surface area contributed by atoms with Crippen molar-refractivity contribution in [2.24, 2.45) is 0 Å². The first-order valence-electron chi connectivity index (χ1n) is 14.9. The Morgan fingerprint density at radius 3 is 2.18 bits per heavy atom. The van der Waals surface area contributed by atoms with E-state index in [2.05, 4.69) is 10.6 Å². The number of carbonyl (C=O) groups excluding carboxylic acids is 2. The first-order valence-corrected chi connectivity index (χ1v) is 14.9. The fraction of sp³-hybridized carbons (Fsp3) is 0.562. The number of aliphatic hydroxyl groups is 4. The molecule has 3 rings (SSSR count). The Morgan fingerprint density at radius 2 is 1.56 bits per heavy atom. The third-order valence-electron chi connectivity index (χ3n) is 6.92. The molecule has 0 spiro atoms. The van der Waals surface area contributed by atoms with Gasteiger partial charge in [0, 0.05) is 25.6 Å². The lowest BCUT2D eigenvalue weighted by molar-refractivity contribution is -0.329. The minimum absolute atomic E-state index is 0.253. The van der Waals surface area contributed by atoms with Crippen molar-refractivity contribution in [1.29, 1.82) is 0 Å². The van der Waals surface area contributed by atoms with Crippen molar-refractivity contribution < 1.29 is 53.7 Å². The van der Waals surface area contributed by atoms with Gasteiger partial charge < -0.3 is 54.7 Å². The van der Waals surface area contributed by atoms with Crippen LogP contribution in [0.25, 0.3) is 11.1 Å². The van der Waals surface area contributed by atoms with Gasteiger partial charge in [0.1, 0.15) is 35.8 Å².